The number of benzene rings is 1. The standard InChI is InChI=1S/C17H24O3/c1-13-4-6-14(7-5-13)3-2-12-20-16-10-8-15(9-11-16)17(18)19/h8-11,13-14H,2-7,12H2,1H3,(H,18,19). The molecular weight excluding hydrogens is 252 g/mol. The Morgan fingerprint density at radius 2 is 1.85 bits per heavy atom. The zero-order valence-corrected chi connectivity index (χ0v) is 12.2. The molecule has 0 aromatic heterocycles. The second-order valence-corrected chi connectivity index (χ2v) is 5.95. The summed E-state index contributed by atoms with van der Waals surface area (Å²) in [6.07, 6.45) is 7.83. The molecule has 1 saturated carbocycles. The summed E-state index contributed by atoms with van der Waals surface area (Å²) < 4.78 is 5.66. The van der Waals surface area contributed by atoms with E-state index < -0.39 is 5.97 Å². The topological polar surface area (TPSA) is 46.5 Å². The van der Waals surface area contributed by atoms with Crippen LogP contribution in [0.4, 0.5) is 0 Å². The predicted octanol–water partition coefficient (Wildman–Crippen LogP) is 4.37. The van der Waals surface area contributed by atoms with Gasteiger partial charge in [-0.2, -0.15) is 0 Å². The fourth-order valence-corrected chi connectivity index (χ4v) is 2.87. The van der Waals surface area contributed by atoms with Gasteiger partial charge >= 0.3 is 5.97 Å². The average molecular weight is 276 g/mol. The molecule has 0 radical (unpaired) electrons. The molecule has 1 aromatic rings. The lowest BCUT2D eigenvalue weighted by atomic mass is 9.81. The van der Waals surface area contributed by atoms with Crippen LogP contribution in [0.2, 0.25) is 0 Å². The van der Waals surface area contributed by atoms with E-state index >= 15 is 0 Å². The number of ether oxygens (including phenoxy) is 1. The Labute approximate surface area is 121 Å². The van der Waals surface area contributed by atoms with Crippen molar-refractivity contribution >= 4 is 5.97 Å². The van der Waals surface area contributed by atoms with Crippen molar-refractivity contribution in [1.82, 2.24) is 0 Å². The van der Waals surface area contributed by atoms with Gasteiger partial charge < -0.3 is 9.84 Å². The molecule has 3 nitrogen and oxygen atoms in total. The third-order valence-electron chi connectivity index (χ3n) is 4.26. The van der Waals surface area contributed by atoms with E-state index in [1.165, 1.54) is 32.1 Å². The van der Waals surface area contributed by atoms with E-state index in [4.69, 9.17) is 9.84 Å². The number of rotatable bonds is 6. The lowest BCUT2D eigenvalue weighted by Crippen LogP contribution is -2.13. The average Bonchev–Trinajstić information content (AvgIpc) is 2.46. The van der Waals surface area contributed by atoms with E-state index in [1.807, 2.05) is 0 Å². The Bertz CT molecular complexity index is 416. The number of carboxylic acid groups (broad SMARTS) is 1. The Kier molecular flexibility index (Phi) is 5.45. The van der Waals surface area contributed by atoms with Crippen molar-refractivity contribution in [2.24, 2.45) is 11.8 Å². The molecule has 1 aliphatic rings. The van der Waals surface area contributed by atoms with Crippen LogP contribution in [0, 0.1) is 11.8 Å². The second kappa shape index (κ2) is 7.32. The first kappa shape index (κ1) is 14.9. The highest BCUT2D eigenvalue weighted by Gasteiger charge is 2.17. The van der Waals surface area contributed by atoms with Crippen LogP contribution in [0.25, 0.3) is 0 Å². The van der Waals surface area contributed by atoms with Gasteiger partial charge in [-0.05, 0) is 48.9 Å². The molecule has 0 saturated heterocycles. The molecule has 0 aliphatic heterocycles. The maximum atomic E-state index is 10.7. The summed E-state index contributed by atoms with van der Waals surface area (Å²) in [7, 11) is 0. The van der Waals surface area contributed by atoms with Crippen molar-refractivity contribution in [2.75, 3.05) is 6.61 Å². The molecule has 0 spiro atoms. The minimum atomic E-state index is -0.900. The van der Waals surface area contributed by atoms with Gasteiger partial charge in [-0.25, -0.2) is 4.79 Å². The van der Waals surface area contributed by atoms with Gasteiger partial charge in [-0.15, -0.1) is 0 Å². The summed E-state index contributed by atoms with van der Waals surface area (Å²) in [6.45, 7) is 3.07. The van der Waals surface area contributed by atoms with Gasteiger partial charge in [0.25, 0.3) is 0 Å². The third kappa shape index (κ3) is 4.55. The van der Waals surface area contributed by atoms with Gasteiger partial charge in [0, 0.05) is 0 Å². The van der Waals surface area contributed by atoms with Crippen LogP contribution < -0.4 is 4.74 Å². The monoisotopic (exact) mass is 276 g/mol. The summed E-state index contributed by atoms with van der Waals surface area (Å²) >= 11 is 0. The fraction of sp³-hybridized carbons (Fsp3) is 0.588. The lowest BCUT2D eigenvalue weighted by Gasteiger charge is -2.25. The molecule has 0 bridgehead atoms. The number of hydrogen-bond donors (Lipinski definition) is 1. The molecule has 0 unspecified atom stereocenters. The molecule has 1 fully saturated rings. The lowest BCUT2D eigenvalue weighted by molar-refractivity contribution is 0.0697. The van der Waals surface area contributed by atoms with Crippen LogP contribution in [-0.2, 0) is 0 Å². The van der Waals surface area contributed by atoms with E-state index in [0.717, 1.165) is 30.6 Å². The zero-order chi connectivity index (χ0) is 14.4. The molecule has 0 amide bonds. The van der Waals surface area contributed by atoms with Crippen molar-refractivity contribution in [3.8, 4) is 5.75 Å². The van der Waals surface area contributed by atoms with Crippen LogP contribution >= 0.6 is 0 Å². The maximum absolute atomic E-state index is 10.7. The van der Waals surface area contributed by atoms with Gasteiger partial charge in [-0.1, -0.05) is 32.6 Å². The molecule has 1 N–H and O–H groups in total. The SMILES string of the molecule is CC1CCC(CCCOc2ccc(C(=O)O)cc2)CC1. The molecule has 20 heavy (non-hydrogen) atoms. The van der Waals surface area contributed by atoms with Crippen molar-refractivity contribution in [3.63, 3.8) is 0 Å². The number of carbonyl (C=O) groups is 1. The Balaban J connectivity index is 1.64. The summed E-state index contributed by atoms with van der Waals surface area (Å²) in [5.74, 6) is 1.65. The Morgan fingerprint density at radius 3 is 2.45 bits per heavy atom. The van der Waals surface area contributed by atoms with E-state index in [0.29, 0.717) is 5.56 Å². The van der Waals surface area contributed by atoms with Crippen LogP contribution in [-0.4, -0.2) is 17.7 Å². The molecule has 2 rings (SSSR count). The van der Waals surface area contributed by atoms with Crippen molar-refractivity contribution in [3.05, 3.63) is 29.8 Å². The number of hydrogen-bond acceptors (Lipinski definition) is 2. The highest BCUT2D eigenvalue weighted by Crippen LogP contribution is 2.31. The van der Waals surface area contributed by atoms with Crippen LogP contribution in [0.1, 0.15) is 55.8 Å². The molecular formula is C17H24O3. The van der Waals surface area contributed by atoms with Gasteiger partial charge in [-0.3, -0.25) is 0 Å². The van der Waals surface area contributed by atoms with Crippen LogP contribution in [0.15, 0.2) is 24.3 Å². The van der Waals surface area contributed by atoms with Crippen molar-refractivity contribution < 1.29 is 14.6 Å². The number of carboxylic acids is 1. The normalized spacial score (nSPS) is 22.4. The molecule has 110 valence electrons. The predicted molar refractivity (Wildman–Crippen MR) is 79.3 cm³/mol. The fourth-order valence-electron chi connectivity index (χ4n) is 2.87. The van der Waals surface area contributed by atoms with Gasteiger partial charge in [0.2, 0.25) is 0 Å². The highest BCUT2D eigenvalue weighted by atomic mass is 16.5. The molecule has 0 heterocycles. The Morgan fingerprint density at radius 1 is 1.20 bits per heavy atom. The molecule has 1 aliphatic carbocycles. The van der Waals surface area contributed by atoms with E-state index in [2.05, 4.69) is 6.92 Å². The first-order chi connectivity index (χ1) is 9.65. The summed E-state index contributed by atoms with van der Waals surface area (Å²) in [5, 5.41) is 8.81. The molecule has 0 atom stereocenters. The minimum absolute atomic E-state index is 0.300. The third-order valence-corrected chi connectivity index (χ3v) is 4.26. The van der Waals surface area contributed by atoms with E-state index in [-0.39, 0.29) is 0 Å². The van der Waals surface area contributed by atoms with Crippen LogP contribution in [0.3, 0.4) is 0 Å². The Hall–Kier alpha value is -1.51. The smallest absolute Gasteiger partial charge is 0.335 e. The van der Waals surface area contributed by atoms with E-state index in [9.17, 15) is 4.79 Å². The van der Waals surface area contributed by atoms with Gasteiger partial charge in [0.1, 0.15) is 5.75 Å². The largest absolute Gasteiger partial charge is 0.494 e. The summed E-state index contributed by atoms with van der Waals surface area (Å²) in [5.41, 5.74) is 0.300. The highest BCUT2D eigenvalue weighted by molar-refractivity contribution is 5.87. The van der Waals surface area contributed by atoms with Crippen LogP contribution in [0.5, 0.6) is 5.75 Å². The van der Waals surface area contributed by atoms with Gasteiger partial charge in [0.05, 0.1) is 12.2 Å². The minimum Gasteiger partial charge on any atom is -0.494 e. The maximum Gasteiger partial charge on any atom is 0.335 e. The molecule has 3 heteroatoms. The van der Waals surface area contributed by atoms with Gasteiger partial charge in [0.15, 0.2) is 0 Å². The summed E-state index contributed by atoms with van der Waals surface area (Å²) in [4.78, 5) is 10.7. The molecule has 1 aromatic carbocycles. The van der Waals surface area contributed by atoms with E-state index in [1.54, 1.807) is 24.3 Å². The summed E-state index contributed by atoms with van der Waals surface area (Å²) in [6, 6.07) is 6.62. The second-order valence-electron chi connectivity index (χ2n) is 5.95. The first-order valence-corrected chi connectivity index (χ1v) is 7.61. The first-order valence-electron chi connectivity index (χ1n) is 7.61. The number of aromatic carboxylic acids is 1. The van der Waals surface area contributed by atoms with Crippen molar-refractivity contribution in [1.29, 1.82) is 0 Å². The quantitative estimate of drug-likeness (QED) is 0.785. The zero-order valence-electron chi connectivity index (χ0n) is 12.2. The van der Waals surface area contributed by atoms with Crippen molar-refractivity contribution in [2.45, 2.75) is 45.4 Å².